The van der Waals surface area contributed by atoms with Gasteiger partial charge in [-0.3, -0.25) is 0 Å². The van der Waals surface area contributed by atoms with Gasteiger partial charge in [0.1, 0.15) is 5.75 Å². The number of ether oxygens (including phenoxy) is 3. The van der Waals surface area contributed by atoms with Crippen molar-refractivity contribution in [1.82, 2.24) is 0 Å². The monoisotopic (exact) mass is 306 g/mol. The van der Waals surface area contributed by atoms with Gasteiger partial charge in [0.15, 0.2) is 6.29 Å². The first-order valence-electron chi connectivity index (χ1n) is 4.73. The van der Waals surface area contributed by atoms with Gasteiger partial charge in [0, 0.05) is 29.3 Å². The fourth-order valence-corrected chi connectivity index (χ4v) is 2.69. The molecule has 0 aliphatic rings. The third kappa shape index (κ3) is 3.97. The van der Waals surface area contributed by atoms with Crippen molar-refractivity contribution in [2.75, 3.05) is 27.1 Å². The first-order chi connectivity index (χ1) is 7.71. The first-order valence-corrected chi connectivity index (χ1v) is 6.51. The highest BCUT2D eigenvalue weighted by Gasteiger charge is 2.08. The second kappa shape index (κ2) is 7.17. The molecule has 0 amide bonds. The van der Waals surface area contributed by atoms with Crippen molar-refractivity contribution in [3.8, 4) is 5.75 Å². The minimum Gasteiger partial charge on any atom is -0.497 e. The molecule has 0 saturated heterocycles. The van der Waals surface area contributed by atoms with Crippen LogP contribution in [0.2, 0.25) is 0 Å². The molecule has 1 rings (SSSR count). The fraction of sp³-hybridized carbons (Fsp3) is 0.455. The molecule has 0 atom stereocenters. The molecule has 0 N–H and O–H groups in total. The van der Waals surface area contributed by atoms with E-state index in [9.17, 15) is 0 Å². The van der Waals surface area contributed by atoms with Gasteiger partial charge < -0.3 is 14.2 Å². The quantitative estimate of drug-likeness (QED) is 0.596. The molecule has 3 nitrogen and oxygen atoms in total. The molecular formula is C11H15BrO3S. The van der Waals surface area contributed by atoms with Crippen LogP contribution in [0.15, 0.2) is 27.6 Å². The van der Waals surface area contributed by atoms with E-state index in [1.165, 1.54) is 0 Å². The molecule has 0 fully saturated rings. The van der Waals surface area contributed by atoms with Crippen LogP contribution < -0.4 is 4.74 Å². The lowest BCUT2D eigenvalue weighted by Gasteiger charge is -2.13. The lowest BCUT2D eigenvalue weighted by molar-refractivity contribution is -0.0842. The van der Waals surface area contributed by atoms with Crippen molar-refractivity contribution < 1.29 is 14.2 Å². The van der Waals surface area contributed by atoms with Crippen LogP contribution in [0.25, 0.3) is 0 Å². The molecule has 1 aromatic rings. The van der Waals surface area contributed by atoms with Crippen molar-refractivity contribution in [2.45, 2.75) is 11.2 Å². The summed E-state index contributed by atoms with van der Waals surface area (Å²) in [6.07, 6.45) is -0.192. The van der Waals surface area contributed by atoms with Gasteiger partial charge in [-0.15, -0.1) is 11.8 Å². The summed E-state index contributed by atoms with van der Waals surface area (Å²) in [6, 6.07) is 5.87. The van der Waals surface area contributed by atoms with Gasteiger partial charge in [-0.2, -0.15) is 0 Å². The third-order valence-corrected chi connectivity index (χ3v) is 4.08. The van der Waals surface area contributed by atoms with E-state index < -0.39 is 0 Å². The van der Waals surface area contributed by atoms with Crippen molar-refractivity contribution >= 4 is 27.7 Å². The second-order valence-corrected chi connectivity index (χ2v) is 4.92. The normalized spacial score (nSPS) is 10.8. The highest BCUT2D eigenvalue weighted by atomic mass is 79.9. The lowest BCUT2D eigenvalue weighted by atomic mass is 10.3. The Morgan fingerprint density at radius 1 is 1.25 bits per heavy atom. The van der Waals surface area contributed by atoms with Crippen molar-refractivity contribution in [2.24, 2.45) is 0 Å². The number of halogens is 1. The van der Waals surface area contributed by atoms with Crippen LogP contribution in [0.1, 0.15) is 0 Å². The molecule has 0 unspecified atom stereocenters. The molecule has 0 saturated carbocycles. The Kier molecular flexibility index (Phi) is 6.20. The highest BCUT2D eigenvalue weighted by molar-refractivity contribution is 9.10. The number of benzene rings is 1. The van der Waals surface area contributed by atoms with Gasteiger partial charge in [0.05, 0.1) is 7.11 Å². The first kappa shape index (κ1) is 13.8. The van der Waals surface area contributed by atoms with Crippen LogP contribution in [-0.2, 0) is 9.47 Å². The molecule has 0 aromatic heterocycles. The zero-order chi connectivity index (χ0) is 12.0. The predicted molar refractivity (Wildman–Crippen MR) is 69.2 cm³/mol. The predicted octanol–water partition coefficient (Wildman–Crippen LogP) is 3.17. The van der Waals surface area contributed by atoms with E-state index >= 15 is 0 Å². The van der Waals surface area contributed by atoms with Crippen molar-refractivity contribution in [3.63, 3.8) is 0 Å². The molecule has 0 aliphatic heterocycles. The zero-order valence-electron chi connectivity index (χ0n) is 9.53. The Morgan fingerprint density at radius 3 is 2.50 bits per heavy atom. The van der Waals surface area contributed by atoms with Crippen LogP contribution >= 0.6 is 27.7 Å². The minimum absolute atomic E-state index is 0.192. The van der Waals surface area contributed by atoms with Crippen LogP contribution in [-0.4, -0.2) is 33.4 Å². The number of hydrogen-bond donors (Lipinski definition) is 0. The molecule has 16 heavy (non-hydrogen) atoms. The maximum Gasteiger partial charge on any atom is 0.166 e. The van der Waals surface area contributed by atoms with Crippen LogP contribution in [0.5, 0.6) is 5.75 Å². The molecule has 1 aromatic carbocycles. The number of thioether (sulfide) groups is 1. The van der Waals surface area contributed by atoms with Gasteiger partial charge in [0.2, 0.25) is 0 Å². The van der Waals surface area contributed by atoms with Gasteiger partial charge >= 0.3 is 0 Å². The summed E-state index contributed by atoms with van der Waals surface area (Å²) in [5.41, 5.74) is 0. The van der Waals surface area contributed by atoms with Crippen LogP contribution in [0, 0.1) is 0 Å². The minimum atomic E-state index is -0.192. The summed E-state index contributed by atoms with van der Waals surface area (Å²) in [6.45, 7) is 0. The summed E-state index contributed by atoms with van der Waals surface area (Å²) in [5, 5.41) is 0. The van der Waals surface area contributed by atoms with E-state index in [4.69, 9.17) is 14.2 Å². The van der Waals surface area contributed by atoms with E-state index in [0.717, 1.165) is 20.9 Å². The second-order valence-electron chi connectivity index (χ2n) is 3.01. The Hall–Kier alpha value is -0.230. The van der Waals surface area contributed by atoms with Gasteiger partial charge in [0.25, 0.3) is 0 Å². The molecule has 5 heteroatoms. The van der Waals surface area contributed by atoms with E-state index in [1.54, 1.807) is 33.1 Å². The molecule has 90 valence electrons. The molecule has 0 heterocycles. The third-order valence-electron chi connectivity index (χ3n) is 2.04. The smallest absolute Gasteiger partial charge is 0.166 e. The van der Waals surface area contributed by atoms with E-state index in [2.05, 4.69) is 15.9 Å². The van der Waals surface area contributed by atoms with Crippen molar-refractivity contribution in [3.05, 3.63) is 22.7 Å². The Morgan fingerprint density at radius 2 is 1.94 bits per heavy atom. The Balaban J connectivity index is 2.65. The maximum absolute atomic E-state index is 5.17. The molecular weight excluding hydrogens is 292 g/mol. The van der Waals surface area contributed by atoms with Gasteiger partial charge in [-0.1, -0.05) is 0 Å². The Labute approximate surface area is 109 Å². The molecule has 0 spiro atoms. The Bertz CT molecular complexity index is 329. The molecule has 0 radical (unpaired) electrons. The van der Waals surface area contributed by atoms with Gasteiger partial charge in [-0.05, 0) is 34.1 Å². The standard InChI is InChI=1S/C11H15BrO3S/c1-13-8-4-5-9(12)10(6-8)16-7-11(14-2)15-3/h4-6,11H,7H2,1-3H3. The van der Waals surface area contributed by atoms with E-state index in [1.807, 2.05) is 18.2 Å². The number of methoxy groups -OCH3 is 3. The number of hydrogen-bond acceptors (Lipinski definition) is 4. The maximum atomic E-state index is 5.17. The molecule has 0 aliphatic carbocycles. The fourth-order valence-electron chi connectivity index (χ4n) is 1.11. The van der Waals surface area contributed by atoms with Gasteiger partial charge in [-0.25, -0.2) is 0 Å². The topological polar surface area (TPSA) is 27.7 Å². The largest absolute Gasteiger partial charge is 0.497 e. The SMILES string of the molecule is COc1ccc(Br)c(SCC(OC)OC)c1. The zero-order valence-corrected chi connectivity index (χ0v) is 11.9. The molecule has 0 bridgehead atoms. The average Bonchev–Trinajstić information content (AvgIpc) is 2.32. The summed E-state index contributed by atoms with van der Waals surface area (Å²) < 4.78 is 16.5. The lowest BCUT2D eigenvalue weighted by Crippen LogP contribution is -2.15. The highest BCUT2D eigenvalue weighted by Crippen LogP contribution is 2.31. The van der Waals surface area contributed by atoms with Crippen molar-refractivity contribution in [1.29, 1.82) is 0 Å². The van der Waals surface area contributed by atoms with E-state index in [0.29, 0.717) is 0 Å². The average molecular weight is 307 g/mol. The summed E-state index contributed by atoms with van der Waals surface area (Å²) in [7, 11) is 4.93. The van der Waals surface area contributed by atoms with Crippen LogP contribution in [0.4, 0.5) is 0 Å². The van der Waals surface area contributed by atoms with Crippen LogP contribution in [0.3, 0.4) is 0 Å². The summed E-state index contributed by atoms with van der Waals surface area (Å²) in [4.78, 5) is 1.11. The summed E-state index contributed by atoms with van der Waals surface area (Å²) in [5.74, 6) is 1.58. The number of rotatable bonds is 6. The van der Waals surface area contributed by atoms with E-state index in [-0.39, 0.29) is 6.29 Å². The summed E-state index contributed by atoms with van der Waals surface area (Å²) >= 11 is 5.15.